The summed E-state index contributed by atoms with van der Waals surface area (Å²) in [6.07, 6.45) is 3.37. The molecule has 1 heterocycles. The molecule has 1 aromatic carbocycles. The van der Waals surface area contributed by atoms with Gasteiger partial charge in [-0.1, -0.05) is 6.07 Å². The molecule has 18 heavy (non-hydrogen) atoms. The van der Waals surface area contributed by atoms with Gasteiger partial charge in [0.2, 0.25) is 5.91 Å². The molecule has 0 aromatic heterocycles. The Bertz CT molecular complexity index is 511. The zero-order chi connectivity index (χ0) is 12.5. The molecule has 3 rings (SSSR count). The molecule has 4 nitrogen and oxygen atoms in total. The molecule has 4 heteroatoms. The first-order valence-electron chi connectivity index (χ1n) is 6.42. The highest BCUT2D eigenvalue weighted by Gasteiger charge is 2.23. The van der Waals surface area contributed by atoms with Gasteiger partial charge >= 0.3 is 0 Å². The van der Waals surface area contributed by atoms with E-state index in [1.165, 1.54) is 17.5 Å². The van der Waals surface area contributed by atoms with Gasteiger partial charge in [-0.2, -0.15) is 0 Å². The van der Waals surface area contributed by atoms with Crippen LogP contribution in [0.25, 0.3) is 0 Å². The number of amides is 2. The minimum absolute atomic E-state index is 0.0282. The molecule has 1 aromatic rings. The smallest absolute Gasteiger partial charge is 0.254 e. The quantitative estimate of drug-likeness (QED) is 0.792. The maximum absolute atomic E-state index is 12.3. The van der Waals surface area contributed by atoms with Crippen LogP contribution in [-0.4, -0.2) is 36.3 Å². The summed E-state index contributed by atoms with van der Waals surface area (Å²) in [6, 6.07) is 5.94. The summed E-state index contributed by atoms with van der Waals surface area (Å²) in [5.41, 5.74) is 3.37. The minimum atomic E-state index is -0.0734. The maximum atomic E-state index is 12.3. The van der Waals surface area contributed by atoms with E-state index in [-0.39, 0.29) is 18.4 Å². The van der Waals surface area contributed by atoms with E-state index >= 15 is 0 Å². The van der Waals surface area contributed by atoms with Crippen molar-refractivity contribution >= 4 is 11.8 Å². The lowest BCUT2D eigenvalue weighted by Gasteiger charge is -2.26. The van der Waals surface area contributed by atoms with Crippen molar-refractivity contribution in [2.24, 2.45) is 0 Å². The van der Waals surface area contributed by atoms with Crippen LogP contribution >= 0.6 is 0 Å². The average Bonchev–Trinajstić information content (AvgIpc) is 2.85. The van der Waals surface area contributed by atoms with Gasteiger partial charge in [-0.15, -0.1) is 0 Å². The monoisotopic (exact) mass is 244 g/mol. The zero-order valence-electron chi connectivity index (χ0n) is 10.2. The Balaban J connectivity index is 1.81. The van der Waals surface area contributed by atoms with Crippen molar-refractivity contribution in [1.82, 2.24) is 10.2 Å². The topological polar surface area (TPSA) is 49.4 Å². The number of carbonyl (C=O) groups excluding carboxylic acids is 2. The van der Waals surface area contributed by atoms with Crippen LogP contribution in [0, 0.1) is 0 Å². The fourth-order valence-electron chi connectivity index (χ4n) is 2.70. The summed E-state index contributed by atoms with van der Waals surface area (Å²) in [5, 5.41) is 2.73. The van der Waals surface area contributed by atoms with Crippen molar-refractivity contribution in [3.8, 4) is 0 Å². The molecule has 0 atom stereocenters. The lowest BCUT2D eigenvalue weighted by molar-refractivity contribution is -0.123. The second kappa shape index (κ2) is 4.44. The molecule has 0 radical (unpaired) electrons. The second-order valence-electron chi connectivity index (χ2n) is 4.91. The van der Waals surface area contributed by atoms with Crippen LogP contribution in [0.4, 0.5) is 0 Å². The molecule has 1 N–H and O–H groups in total. The van der Waals surface area contributed by atoms with Gasteiger partial charge in [0, 0.05) is 18.7 Å². The minimum Gasteiger partial charge on any atom is -0.353 e. The third-order valence-electron chi connectivity index (χ3n) is 3.67. The molecule has 1 saturated heterocycles. The molecule has 1 fully saturated rings. The van der Waals surface area contributed by atoms with Crippen molar-refractivity contribution in [3.05, 3.63) is 34.9 Å². The van der Waals surface area contributed by atoms with Gasteiger partial charge in [-0.25, -0.2) is 0 Å². The fourth-order valence-corrected chi connectivity index (χ4v) is 2.70. The van der Waals surface area contributed by atoms with Crippen molar-refractivity contribution in [2.75, 3.05) is 19.6 Å². The fraction of sp³-hybridized carbons (Fsp3) is 0.429. The molecular weight excluding hydrogens is 228 g/mol. The summed E-state index contributed by atoms with van der Waals surface area (Å²) in [5.74, 6) is -0.102. The van der Waals surface area contributed by atoms with E-state index in [0.29, 0.717) is 18.7 Å². The van der Waals surface area contributed by atoms with Crippen LogP contribution in [0.5, 0.6) is 0 Å². The van der Waals surface area contributed by atoms with Crippen LogP contribution in [0.3, 0.4) is 0 Å². The summed E-state index contributed by atoms with van der Waals surface area (Å²) < 4.78 is 0. The predicted octanol–water partition coefficient (Wildman–Crippen LogP) is 0.747. The van der Waals surface area contributed by atoms with Crippen LogP contribution in [0.2, 0.25) is 0 Å². The van der Waals surface area contributed by atoms with Gasteiger partial charge in [0.25, 0.3) is 5.91 Å². The molecular formula is C14H16N2O2. The van der Waals surface area contributed by atoms with Crippen LogP contribution in [0.15, 0.2) is 18.2 Å². The maximum Gasteiger partial charge on any atom is 0.254 e. The van der Waals surface area contributed by atoms with Gasteiger partial charge < -0.3 is 10.2 Å². The Labute approximate surface area is 106 Å². The SMILES string of the molecule is O=C1CN(C(=O)c2ccc3c(c2)CCC3)CCN1. The van der Waals surface area contributed by atoms with E-state index in [1.54, 1.807) is 4.90 Å². The number of hydrogen-bond donors (Lipinski definition) is 1. The number of rotatable bonds is 1. The number of nitrogens with one attached hydrogen (secondary N) is 1. The molecule has 94 valence electrons. The average molecular weight is 244 g/mol. The third-order valence-corrected chi connectivity index (χ3v) is 3.67. The summed E-state index contributed by atoms with van der Waals surface area (Å²) >= 11 is 0. The standard InChI is InChI=1S/C14H16N2O2/c17-13-9-16(7-6-15-13)14(18)12-5-4-10-2-1-3-11(10)8-12/h4-5,8H,1-3,6-7,9H2,(H,15,17). The van der Waals surface area contributed by atoms with E-state index < -0.39 is 0 Å². The second-order valence-corrected chi connectivity index (χ2v) is 4.91. The Morgan fingerprint density at radius 3 is 2.89 bits per heavy atom. The first-order valence-corrected chi connectivity index (χ1v) is 6.42. The van der Waals surface area contributed by atoms with E-state index in [0.717, 1.165) is 12.8 Å². The number of benzene rings is 1. The number of hydrogen-bond acceptors (Lipinski definition) is 2. The number of nitrogens with zero attached hydrogens (tertiary/aromatic N) is 1. The van der Waals surface area contributed by atoms with E-state index in [2.05, 4.69) is 11.4 Å². The van der Waals surface area contributed by atoms with Crippen molar-refractivity contribution < 1.29 is 9.59 Å². The van der Waals surface area contributed by atoms with E-state index in [9.17, 15) is 9.59 Å². The Hall–Kier alpha value is -1.84. The van der Waals surface area contributed by atoms with Crippen molar-refractivity contribution in [1.29, 1.82) is 0 Å². The van der Waals surface area contributed by atoms with Crippen LogP contribution < -0.4 is 5.32 Å². The first-order chi connectivity index (χ1) is 8.74. The van der Waals surface area contributed by atoms with Gasteiger partial charge in [-0.05, 0) is 42.5 Å². The van der Waals surface area contributed by atoms with Gasteiger partial charge in [-0.3, -0.25) is 9.59 Å². The highest BCUT2D eigenvalue weighted by molar-refractivity contribution is 5.97. The lowest BCUT2D eigenvalue weighted by atomic mass is 10.1. The summed E-state index contributed by atoms with van der Waals surface area (Å²) in [7, 11) is 0. The number of aryl methyl sites for hydroxylation is 2. The number of carbonyl (C=O) groups is 2. The van der Waals surface area contributed by atoms with Gasteiger partial charge in [0.05, 0.1) is 6.54 Å². The molecule has 1 aliphatic heterocycles. The highest BCUT2D eigenvalue weighted by Crippen LogP contribution is 2.23. The predicted molar refractivity (Wildman–Crippen MR) is 67.4 cm³/mol. The molecule has 0 spiro atoms. The van der Waals surface area contributed by atoms with Gasteiger partial charge in [0.15, 0.2) is 0 Å². The molecule has 1 aliphatic carbocycles. The highest BCUT2D eigenvalue weighted by atomic mass is 16.2. The Kier molecular flexibility index (Phi) is 2.78. The van der Waals surface area contributed by atoms with E-state index in [4.69, 9.17) is 0 Å². The van der Waals surface area contributed by atoms with E-state index in [1.807, 2.05) is 12.1 Å². The Morgan fingerprint density at radius 1 is 1.22 bits per heavy atom. The molecule has 0 unspecified atom stereocenters. The van der Waals surface area contributed by atoms with Crippen molar-refractivity contribution in [3.63, 3.8) is 0 Å². The molecule has 0 saturated carbocycles. The molecule has 0 bridgehead atoms. The van der Waals surface area contributed by atoms with Gasteiger partial charge in [0.1, 0.15) is 0 Å². The summed E-state index contributed by atoms with van der Waals surface area (Å²) in [6.45, 7) is 1.33. The first kappa shape index (κ1) is 11.3. The van der Waals surface area contributed by atoms with Crippen LogP contribution in [-0.2, 0) is 17.6 Å². The number of piperazine rings is 1. The Morgan fingerprint density at radius 2 is 2.06 bits per heavy atom. The number of fused-ring (bicyclic) bond motifs is 1. The summed E-state index contributed by atoms with van der Waals surface area (Å²) in [4.78, 5) is 25.2. The van der Waals surface area contributed by atoms with Crippen LogP contribution in [0.1, 0.15) is 27.9 Å². The van der Waals surface area contributed by atoms with Crippen molar-refractivity contribution in [2.45, 2.75) is 19.3 Å². The molecule has 2 amide bonds. The third kappa shape index (κ3) is 1.98. The largest absolute Gasteiger partial charge is 0.353 e. The zero-order valence-corrected chi connectivity index (χ0v) is 10.2. The molecule has 2 aliphatic rings. The lowest BCUT2D eigenvalue weighted by Crippen LogP contribution is -2.49. The normalized spacial score (nSPS) is 18.4.